The Morgan fingerprint density at radius 3 is 2.33 bits per heavy atom. The maximum atomic E-state index is 6.19. The van der Waals surface area contributed by atoms with Crippen molar-refractivity contribution in [2.75, 3.05) is 7.11 Å². The molecule has 0 N–H and O–H groups in total. The first-order valence-electron chi connectivity index (χ1n) is 5.62. The molecule has 5 heteroatoms. The maximum Gasteiger partial charge on any atom is 0.164 e. The smallest absolute Gasteiger partial charge is 0.164 e. The average molecular weight is 285 g/mol. The second-order valence-corrected chi connectivity index (χ2v) is 5.03. The number of nitrogens with zero attached hydrogens (tertiary/aromatic N) is 2. The molecule has 0 bridgehead atoms. The third-order valence-electron chi connectivity index (χ3n) is 2.65. The second-order valence-electron chi connectivity index (χ2n) is 4.22. The molecule has 0 unspecified atom stereocenters. The van der Waals surface area contributed by atoms with E-state index in [2.05, 4.69) is 5.10 Å². The van der Waals surface area contributed by atoms with E-state index in [1.54, 1.807) is 25.3 Å². The number of methoxy groups -OCH3 is 1. The van der Waals surface area contributed by atoms with Gasteiger partial charge in [-0.1, -0.05) is 29.3 Å². The molecule has 0 fully saturated rings. The third kappa shape index (κ3) is 2.33. The fraction of sp³-hybridized carbons (Fsp3) is 0.308. The highest BCUT2D eigenvalue weighted by Gasteiger charge is 2.18. The van der Waals surface area contributed by atoms with E-state index >= 15 is 0 Å². The van der Waals surface area contributed by atoms with Gasteiger partial charge >= 0.3 is 0 Å². The summed E-state index contributed by atoms with van der Waals surface area (Å²) in [6.07, 6.45) is 1.85. The molecule has 96 valence electrons. The topological polar surface area (TPSA) is 27.1 Å². The number of halogens is 2. The summed E-state index contributed by atoms with van der Waals surface area (Å²) in [5.74, 6) is 0.665. The van der Waals surface area contributed by atoms with Gasteiger partial charge in [-0.25, -0.2) is 0 Å². The average Bonchev–Trinajstić information content (AvgIpc) is 2.73. The molecule has 18 heavy (non-hydrogen) atoms. The minimum atomic E-state index is 0.244. The summed E-state index contributed by atoms with van der Waals surface area (Å²) in [5, 5.41) is 5.62. The highest BCUT2D eigenvalue weighted by molar-refractivity contribution is 6.39. The number of rotatable bonds is 3. The van der Waals surface area contributed by atoms with E-state index in [-0.39, 0.29) is 6.04 Å². The number of ether oxygens (including phenoxy) is 1. The predicted octanol–water partition coefficient (Wildman–Crippen LogP) is 4.45. The molecule has 2 aromatic rings. The van der Waals surface area contributed by atoms with Crippen molar-refractivity contribution >= 4 is 23.2 Å². The van der Waals surface area contributed by atoms with E-state index in [9.17, 15) is 0 Å². The van der Waals surface area contributed by atoms with Gasteiger partial charge < -0.3 is 4.74 Å². The van der Waals surface area contributed by atoms with Crippen LogP contribution < -0.4 is 4.74 Å². The Labute approximate surface area is 116 Å². The normalized spacial score (nSPS) is 11.0. The number of aromatic nitrogens is 2. The van der Waals surface area contributed by atoms with E-state index in [0.717, 1.165) is 0 Å². The lowest BCUT2D eigenvalue weighted by molar-refractivity contribution is 0.414. The lowest BCUT2D eigenvalue weighted by Crippen LogP contribution is -2.00. The number of benzene rings is 1. The molecular weight excluding hydrogens is 271 g/mol. The van der Waals surface area contributed by atoms with Crippen LogP contribution in [-0.2, 0) is 0 Å². The highest BCUT2D eigenvalue weighted by Crippen LogP contribution is 2.38. The SMILES string of the molecule is COc1cn(C(C)C)nc1-c1c(Cl)cccc1Cl. The lowest BCUT2D eigenvalue weighted by Gasteiger charge is -2.06. The van der Waals surface area contributed by atoms with Crippen molar-refractivity contribution in [3.05, 3.63) is 34.4 Å². The Kier molecular flexibility index (Phi) is 3.83. The van der Waals surface area contributed by atoms with Gasteiger partial charge in [0.05, 0.1) is 23.4 Å². The van der Waals surface area contributed by atoms with Gasteiger partial charge in [0.15, 0.2) is 5.75 Å². The van der Waals surface area contributed by atoms with Crippen LogP contribution in [0.15, 0.2) is 24.4 Å². The monoisotopic (exact) mass is 284 g/mol. The Balaban J connectivity index is 2.63. The molecule has 1 aromatic heterocycles. The molecule has 0 saturated carbocycles. The molecule has 1 aromatic carbocycles. The molecule has 0 aliphatic rings. The Morgan fingerprint density at radius 2 is 1.83 bits per heavy atom. The number of hydrogen-bond acceptors (Lipinski definition) is 2. The van der Waals surface area contributed by atoms with Crippen molar-refractivity contribution in [3.8, 4) is 17.0 Å². The van der Waals surface area contributed by atoms with E-state index < -0.39 is 0 Å². The van der Waals surface area contributed by atoms with E-state index in [0.29, 0.717) is 27.1 Å². The highest BCUT2D eigenvalue weighted by atomic mass is 35.5. The van der Waals surface area contributed by atoms with E-state index in [1.807, 2.05) is 24.7 Å². The molecule has 0 radical (unpaired) electrons. The van der Waals surface area contributed by atoms with Gasteiger partial charge in [-0.15, -0.1) is 0 Å². The first-order valence-corrected chi connectivity index (χ1v) is 6.37. The lowest BCUT2D eigenvalue weighted by atomic mass is 10.1. The summed E-state index contributed by atoms with van der Waals surface area (Å²) in [5.41, 5.74) is 1.37. The van der Waals surface area contributed by atoms with Crippen molar-refractivity contribution in [1.82, 2.24) is 9.78 Å². The molecule has 0 spiro atoms. The van der Waals surface area contributed by atoms with Gasteiger partial charge in [0, 0.05) is 11.6 Å². The Morgan fingerprint density at radius 1 is 1.22 bits per heavy atom. The summed E-state index contributed by atoms with van der Waals surface area (Å²) in [6, 6.07) is 5.63. The molecule has 0 aliphatic heterocycles. The zero-order valence-corrected chi connectivity index (χ0v) is 12.0. The molecule has 0 atom stereocenters. The minimum absolute atomic E-state index is 0.244. The van der Waals surface area contributed by atoms with Crippen LogP contribution in [0, 0.1) is 0 Å². The summed E-state index contributed by atoms with van der Waals surface area (Å²) in [7, 11) is 1.61. The van der Waals surface area contributed by atoms with Crippen LogP contribution in [0.25, 0.3) is 11.3 Å². The fourth-order valence-electron chi connectivity index (χ4n) is 1.69. The molecule has 0 saturated heterocycles. The predicted molar refractivity (Wildman–Crippen MR) is 74.6 cm³/mol. The molecular formula is C13H14Cl2N2O. The largest absolute Gasteiger partial charge is 0.493 e. The van der Waals surface area contributed by atoms with Crippen LogP contribution in [0.3, 0.4) is 0 Å². The van der Waals surface area contributed by atoms with Gasteiger partial charge in [-0.2, -0.15) is 5.10 Å². The van der Waals surface area contributed by atoms with Crippen LogP contribution >= 0.6 is 23.2 Å². The van der Waals surface area contributed by atoms with E-state index in [4.69, 9.17) is 27.9 Å². The van der Waals surface area contributed by atoms with E-state index in [1.165, 1.54) is 0 Å². The minimum Gasteiger partial charge on any atom is -0.493 e. The summed E-state index contributed by atoms with van der Waals surface area (Å²) in [6.45, 7) is 4.09. The van der Waals surface area contributed by atoms with Crippen LogP contribution in [0.5, 0.6) is 5.75 Å². The van der Waals surface area contributed by atoms with Crippen molar-refractivity contribution < 1.29 is 4.74 Å². The zero-order valence-electron chi connectivity index (χ0n) is 10.4. The van der Waals surface area contributed by atoms with Crippen molar-refractivity contribution in [2.24, 2.45) is 0 Å². The Hall–Kier alpha value is -1.19. The zero-order chi connectivity index (χ0) is 13.3. The second kappa shape index (κ2) is 5.21. The molecule has 1 heterocycles. The van der Waals surface area contributed by atoms with Gasteiger partial charge in [-0.05, 0) is 26.0 Å². The van der Waals surface area contributed by atoms with Crippen molar-refractivity contribution in [3.63, 3.8) is 0 Å². The summed E-state index contributed by atoms with van der Waals surface area (Å²) >= 11 is 12.4. The number of hydrogen-bond donors (Lipinski definition) is 0. The summed E-state index contributed by atoms with van der Waals surface area (Å²) in [4.78, 5) is 0. The van der Waals surface area contributed by atoms with Crippen LogP contribution in [-0.4, -0.2) is 16.9 Å². The first-order chi connectivity index (χ1) is 8.54. The standard InChI is InChI=1S/C13H14Cl2N2O/c1-8(2)17-7-11(18-3)13(16-17)12-9(14)5-4-6-10(12)15/h4-8H,1-3H3. The quantitative estimate of drug-likeness (QED) is 0.833. The van der Waals surface area contributed by atoms with Gasteiger partial charge in [0.25, 0.3) is 0 Å². The van der Waals surface area contributed by atoms with Gasteiger partial charge in [0.2, 0.25) is 0 Å². The van der Waals surface area contributed by atoms with Gasteiger partial charge in [0.1, 0.15) is 5.69 Å². The molecule has 0 amide bonds. The van der Waals surface area contributed by atoms with Crippen LogP contribution in [0.2, 0.25) is 10.0 Å². The Bertz CT molecular complexity index is 544. The maximum absolute atomic E-state index is 6.19. The van der Waals surface area contributed by atoms with Crippen molar-refractivity contribution in [2.45, 2.75) is 19.9 Å². The van der Waals surface area contributed by atoms with Crippen LogP contribution in [0.1, 0.15) is 19.9 Å². The fourth-order valence-corrected chi connectivity index (χ4v) is 2.26. The third-order valence-corrected chi connectivity index (χ3v) is 3.28. The first kappa shape index (κ1) is 13.2. The summed E-state index contributed by atoms with van der Waals surface area (Å²) < 4.78 is 7.17. The molecule has 2 rings (SSSR count). The van der Waals surface area contributed by atoms with Gasteiger partial charge in [-0.3, -0.25) is 4.68 Å². The molecule has 0 aliphatic carbocycles. The molecule has 3 nitrogen and oxygen atoms in total. The van der Waals surface area contributed by atoms with Crippen LogP contribution in [0.4, 0.5) is 0 Å². The van der Waals surface area contributed by atoms with Crippen molar-refractivity contribution in [1.29, 1.82) is 0 Å².